The van der Waals surface area contributed by atoms with E-state index in [4.69, 9.17) is 0 Å². The summed E-state index contributed by atoms with van der Waals surface area (Å²) in [5.74, 6) is -0.809. The summed E-state index contributed by atoms with van der Waals surface area (Å²) in [5.41, 5.74) is 4.45. The second-order valence-electron chi connectivity index (χ2n) is 6.54. The van der Waals surface area contributed by atoms with Crippen LogP contribution in [0.15, 0.2) is 84.0 Å². The largest absolute Gasteiger partial charge is 0.354 e. The van der Waals surface area contributed by atoms with E-state index >= 15 is 0 Å². The Bertz CT molecular complexity index is 1220. The minimum atomic E-state index is -0.405. The molecular formula is C23H15N3O2. The summed E-state index contributed by atoms with van der Waals surface area (Å²) in [6.07, 6.45) is 1.59. The third kappa shape index (κ3) is 2.45. The van der Waals surface area contributed by atoms with E-state index in [1.807, 2.05) is 54.6 Å². The summed E-state index contributed by atoms with van der Waals surface area (Å²) in [5, 5.41) is 6.17. The van der Waals surface area contributed by atoms with Gasteiger partial charge in [0.25, 0.3) is 11.8 Å². The monoisotopic (exact) mass is 365 g/mol. The summed E-state index contributed by atoms with van der Waals surface area (Å²) < 4.78 is 0. The number of nitrogens with one attached hydrogen (secondary N) is 1. The van der Waals surface area contributed by atoms with Crippen molar-refractivity contribution in [2.75, 3.05) is 0 Å². The highest BCUT2D eigenvalue weighted by molar-refractivity contribution is 6.21. The maximum Gasteiger partial charge on any atom is 0.282 e. The van der Waals surface area contributed by atoms with Crippen molar-refractivity contribution >= 4 is 28.9 Å². The smallest absolute Gasteiger partial charge is 0.282 e. The van der Waals surface area contributed by atoms with E-state index in [9.17, 15) is 9.59 Å². The molecule has 0 bridgehead atoms. The lowest BCUT2D eigenvalue weighted by Gasteiger charge is -2.06. The van der Waals surface area contributed by atoms with E-state index in [0.29, 0.717) is 11.1 Å². The first-order chi connectivity index (χ1) is 13.7. The van der Waals surface area contributed by atoms with Crippen LogP contribution in [0.4, 0.5) is 0 Å². The number of para-hydroxylation sites is 1. The van der Waals surface area contributed by atoms with Gasteiger partial charge < -0.3 is 4.98 Å². The molecule has 0 radical (unpaired) electrons. The molecular weight excluding hydrogens is 350 g/mol. The van der Waals surface area contributed by atoms with Crippen LogP contribution in [0.5, 0.6) is 0 Å². The zero-order chi connectivity index (χ0) is 19.1. The quantitative estimate of drug-likeness (QED) is 0.430. The van der Waals surface area contributed by atoms with Crippen molar-refractivity contribution < 1.29 is 9.59 Å². The number of nitrogens with zero attached hydrogens (tertiary/aromatic N) is 2. The minimum absolute atomic E-state index is 0.381. The lowest BCUT2D eigenvalue weighted by molar-refractivity contribution is 0.0660. The van der Waals surface area contributed by atoms with Crippen molar-refractivity contribution in [2.45, 2.75) is 0 Å². The van der Waals surface area contributed by atoms with E-state index in [0.717, 1.165) is 32.7 Å². The fourth-order valence-electron chi connectivity index (χ4n) is 3.53. The van der Waals surface area contributed by atoms with E-state index in [1.54, 1.807) is 30.5 Å². The Morgan fingerprint density at radius 3 is 2.07 bits per heavy atom. The number of rotatable bonds is 3. The first-order valence-corrected chi connectivity index (χ1v) is 8.92. The van der Waals surface area contributed by atoms with Crippen LogP contribution >= 0.6 is 0 Å². The molecule has 1 aliphatic rings. The summed E-state index contributed by atoms with van der Waals surface area (Å²) in [6.45, 7) is 0. The van der Waals surface area contributed by atoms with E-state index in [-0.39, 0.29) is 0 Å². The maximum atomic E-state index is 12.6. The number of carbonyl (C=O) groups excluding carboxylic acids is 2. The standard InChI is InChI=1S/C23H15N3O2/c27-22-17-11-4-5-12-18(17)23(28)26(22)24-14-19-16-10-6-7-13-20(16)25-21(19)15-8-2-1-3-9-15/h1-14,25H/b24-14+. The summed E-state index contributed by atoms with van der Waals surface area (Å²) in [4.78, 5) is 28.6. The van der Waals surface area contributed by atoms with Crippen LogP contribution in [0, 0.1) is 0 Å². The Morgan fingerprint density at radius 1 is 0.750 bits per heavy atom. The molecule has 1 aromatic heterocycles. The minimum Gasteiger partial charge on any atom is -0.354 e. The predicted molar refractivity (Wildman–Crippen MR) is 108 cm³/mol. The summed E-state index contributed by atoms with van der Waals surface area (Å²) in [6, 6.07) is 24.5. The van der Waals surface area contributed by atoms with Crippen LogP contribution < -0.4 is 0 Å². The van der Waals surface area contributed by atoms with E-state index in [1.165, 1.54) is 0 Å². The third-order valence-corrected chi connectivity index (χ3v) is 4.88. The second-order valence-corrected chi connectivity index (χ2v) is 6.54. The number of aromatic amines is 1. The Balaban J connectivity index is 1.61. The Kier molecular flexibility index (Phi) is 3.66. The number of H-pyrrole nitrogens is 1. The molecule has 0 spiro atoms. The lowest BCUT2D eigenvalue weighted by Crippen LogP contribution is -2.24. The third-order valence-electron chi connectivity index (χ3n) is 4.88. The van der Waals surface area contributed by atoms with Crippen molar-refractivity contribution in [1.82, 2.24) is 9.99 Å². The first kappa shape index (κ1) is 16.2. The molecule has 3 aromatic carbocycles. The summed E-state index contributed by atoms with van der Waals surface area (Å²) >= 11 is 0. The van der Waals surface area contributed by atoms with Crippen LogP contribution in [0.2, 0.25) is 0 Å². The number of hydrazone groups is 1. The topological polar surface area (TPSA) is 65.5 Å². The number of amides is 2. The molecule has 28 heavy (non-hydrogen) atoms. The lowest BCUT2D eigenvalue weighted by atomic mass is 10.1. The van der Waals surface area contributed by atoms with Gasteiger partial charge in [-0.25, -0.2) is 0 Å². The van der Waals surface area contributed by atoms with Gasteiger partial charge in [-0.3, -0.25) is 9.59 Å². The molecule has 5 heteroatoms. The SMILES string of the molecule is O=C1c2ccccc2C(=O)N1/N=C/c1c(-c2ccccc2)[nH]c2ccccc12. The van der Waals surface area contributed by atoms with Gasteiger partial charge in [-0.2, -0.15) is 10.1 Å². The number of fused-ring (bicyclic) bond motifs is 2. The predicted octanol–water partition coefficient (Wildman–Crippen LogP) is 4.47. The Morgan fingerprint density at radius 2 is 1.36 bits per heavy atom. The average Bonchev–Trinajstić information content (AvgIpc) is 3.23. The van der Waals surface area contributed by atoms with E-state index in [2.05, 4.69) is 10.1 Å². The molecule has 0 aliphatic carbocycles. The van der Waals surface area contributed by atoms with Gasteiger partial charge in [0.1, 0.15) is 0 Å². The fraction of sp³-hybridized carbons (Fsp3) is 0. The van der Waals surface area contributed by atoms with Crippen LogP contribution in [0.1, 0.15) is 26.3 Å². The molecule has 134 valence electrons. The van der Waals surface area contributed by atoms with Crippen molar-refractivity contribution in [1.29, 1.82) is 0 Å². The van der Waals surface area contributed by atoms with Crippen LogP contribution in [-0.4, -0.2) is 28.0 Å². The number of imide groups is 1. The van der Waals surface area contributed by atoms with Crippen LogP contribution in [0.3, 0.4) is 0 Å². The van der Waals surface area contributed by atoms with Gasteiger partial charge in [0.15, 0.2) is 0 Å². The number of aromatic nitrogens is 1. The normalized spacial score (nSPS) is 13.6. The van der Waals surface area contributed by atoms with Crippen molar-refractivity contribution in [2.24, 2.45) is 5.10 Å². The van der Waals surface area contributed by atoms with Crippen molar-refractivity contribution in [3.63, 3.8) is 0 Å². The maximum absolute atomic E-state index is 12.6. The number of benzene rings is 3. The molecule has 0 saturated heterocycles. The highest BCUT2D eigenvalue weighted by Gasteiger charge is 2.35. The second kappa shape index (κ2) is 6.32. The van der Waals surface area contributed by atoms with Gasteiger partial charge in [-0.05, 0) is 23.8 Å². The number of hydrogen-bond acceptors (Lipinski definition) is 3. The molecule has 1 N–H and O–H groups in total. The van der Waals surface area contributed by atoms with Gasteiger partial charge >= 0.3 is 0 Å². The molecule has 1 aliphatic heterocycles. The van der Waals surface area contributed by atoms with Gasteiger partial charge in [0.2, 0.25) is 0 Å². The molecule has 5 rings (SSSR count). The molecule has 0 saturated carbocycles. The molecule has 0 unspecified atom stereocenters. The molecule has 4 aromatic rings. The molecule has 2 amide bonds. The van der Waals surface area contributed by atoms with Gasteiger partial charge in [-0.1, -0.05) is 60.7 Å². The van der Waals surface area contributed by atoms with E-state index < -0.39 is 11.8 Å². The first-order valence-electron chi connectivity index (χ1n) is 8.92. The van der Waals surface area contributed by atoms with Crippen LogP contribution in [-0.2, 0) is 0 Å². The Labute approximate surface area is 160 Å². The molecule has 0 fully saturated rings. The number of carbonyl (C=O) groups is 2. The fourth-order valence-corrected chi connectivity index (χ4v) is 3.53. The van der Waals surface area contributed by atoms with Crippen molar-refractivity contribution in [3.8, 4) is 11.3 Å². The zero-order valence-corrected chi connectivity index (χ0v) is 14.8. The highest BCUT2D eigenvalue weighted by Crippen LogP contribution is 2.29. The molecule has 0 atom stereocenters. The number of hydrogen-bond donors (Lipinski definition) is 1. The highest BCUT2D eigenvalue weighted by atomic mass is 16.2. The zero-order valence-electron chi connectivity index (χ0n) is 14.8. The molecule has 2 heterocycles. The molecule has 5 nitrogen and oxygen atoms in total. The van der Waals surface area contributed by atoms with Gasteiger partial charge in [0, 0.05) is 16.5 Å². The van der Waals surface area contributed by atoms with Crippen molar-refractivity contribution in [3.05, 3.63) is 95.6 Å². The average molecular weight is 365 g/mol. The Hall–Kier alpha value is -3.99. The van der Waals surface area contributed by atoms with Crippen LogP contribution in [0.25, 0.3) is 22.2 Å². The van der Waals surface area contributed by atoms with Gasteiger partial charge in [0.05, 0.1) is 23.0 Å². The summed E-state index contributed by atoms with van der Waals surface area (Å²) in [7, 11) is 0. The van der Waals surface area contributed by atoms with Gasteiger partial charge in [-0.15, -0.1) is 0 Å².